The number of hydrogen-bond acceptors (Lipinski definition) is 2. The number of aromatic nitrogens is 2. The number of carbonyl (C=O) groups is 1. The lowest BCUT2D eigenvalue weighted by atomic mass is 10.1. The van der Waals surface area contributed by atoms with Crippen LogP contribution in [-0.2, 0) is 6.42 Å². The number of nitrogens with one attached hydrogen (secondary N) is 1. The predicted octanol–water partition coefficient (Wildman–Crippen LogP) is 3.47. The summed E-state index contributed by atoms with van der Waals surface area (Å²) in [6.45, 7) is 6.78. The second kappa shape index (κ2) is 6.76. The van der Waals surface area contributed by atoms with E-state index in [0.29, 0.717) is 29.5 Å². The molecule has 4 nitrogen and oxygen atoms in total. The fourth-order valence-corrected chi connectivity index (χ4v) is 2.34. The molecule has 2 aromatic rings. The van der Waals surface area contributed by atoms with Gasteiger partial charge in [0.15, 0.2) is 0 Å². The number of nitrogens with zero attached hydrogens (tertiary/aromatic N) is 2. The van der Waals surface area contributed by atoms with Crippen LogP contribution in [0, 0.1) is 5.92 Å². The second-order valence-corrected chi connectivity index (χ2v) is 5.73. The van der Waals surface area contributed by atoms with E-state index in [0.717, 1.165) is 11.4 Å². The van der Waals surface area contributed by atoms with Crippen molar-refractivity contribution in [3.05, 3.63) is 46.7 Å². The van der Waals surface area contributed by atoms with Crippen molar-refractivity contribution in [1.82, 2.24) is 15.1 Å². The first-order valence-corrected chi connectivity index (χ1v) is 7.52. The highest BCUT2D eigenvalue weighted by molar-refractivity contribution is 6.32. The van der Waals surface area contributed by atoms with Gasteiger partial charge in [0, 0.05) is 6.54 Å². The highest BCUT2D eigenvalue weighted by Crippen LogP contribution is 2.22. The molecule has 1 amide bonds. The Labute approximate surface area is 130 Å². The zero-order chi connectivity index (χ0) is 15.4. The van der Waals surface area contributed by atoms with Crippen molar-refractivity contribution in [2.45, 2.75) is 27.2 Å². The molecule has 0 atom stereocenters. The number of benzene rings is 1. The van der Waals surface area contributed by atoms with Crippen molar-refractivity contribution < 1.29 is 4.79 Å². The third-order valence-electron chi connectivity index (χ3n) is 3.20. The number of halogens is 1. The molecule has 5 heteroatoms. The quantitative estimate of drug-likeness (QED) is 0.919. The zero-order valence-electron chi connectivity index (χ0n) is 12.6. The fraction of sp³-hybridized carbons (Fsp3) is 0.375. The predicted molar refractivity (Wildman–Crippen MR) is 85.1 cm³/mol. The van der Waals surface area contributed by atoms with Crippen LogP contribution >= 0.6 is 11.6 Å². The Morgan fingerprint density at radius 3 is 2.71 bits per heavy atom. The van der Waals surface area contributed by atoms with Crippen molar-refractivity contribution in [2.75, 3.05) is 6.54 Å². The molecule has 0 saturated carbocycles. The van der Waals surface area contributed by atoms with Gasteiger partial charge in [-0.25, -0.2) is 4.68 Å². The average Bonchev–Trinajstić information content (AvgIpc) is 2.88. The second-order valence-electron chi connectivity index (χ2n) is 5.33. The molecule has 0 aliphatic carbocycles. The van der Waals surface area contributed by atoms with Gasteiger partial charge in [0.05, 0.1) is 28.2 Å². The van der Waals surface area contributed by atoms with Crippen LogP contribution in [0.3, 0.4) is 0 Å². The van der Waals surface area contributed by atoms with Crippen LogP contribution in [-0.4, -0.2) is 22.2 Å². The first-order chi connectivity index (χ1) is 10.0. The van der Waals surface area contributed by atoms with E-state index in [1.807, 2.05) is 31.2 Å². The molecular weight excluding hydrogens is 286 g/mol. The molecule has 0 spiro atoms. The topological polar surface area (TPSA) is 46.9 Å². The minimum atomic E-state index is -0.0844. The molecule has 0 unspecified atom stereocenters. The highest BCUT2D eigenvalue weighted by atomic mass is 35.5. The van der Waals surface area contributed by atoms with E-state index in [2.05, 4.69) is 24.3 Å². The van der Waals surface area contributed by atoms with Gasteiger partial charge in [-0.05, 0) is 24.5 Å². The van der Waals surface area contributed by atoms with Gasteiger partial charge in [-0.1, -0.05) is 44.5 Å². The smallest absolute Gasteiger partial charge is 0.254 e. The normalized spacial score (nSPS) is 10.9. The van der Waals surface area contributed by atoms with Crippen LogP contribution in [0.2, 0.25) is 5.02 Å². The maximum Gasteiger partial charge on any atom is 0.254 e. The molecule has 0 saturated heterocycles. The Bertz CT molecular complexity index is 634. The van der Waals surface area contributed by atoms with Gasteiger partial charge in [-0.15, -0.1) is 0 Å². The molecule has 0 fully saturated rings. The van der Waals surface area contributed by atoms with Gasteiger partial charge < -0.3 is 5.32 Å². The minimum absolute atomic E-state index is 0.0844. The first-order valence-electron chi connectivity index (χ1n) is 7.14. The minimum Gasteiger partial charge on any atom is -0.352 e. The van der Waals surface area contributed by atoms with Crippen LogP contribution < -0.4 is 5.32 Å². The lowest BCUT2D eigenvalue weighted by Gasteiger charge is -2.10. The Morgan fingerprint density at radius 1 is 1.38 bits per heavy atom. The summed E-state index contributed by atoms with van der Waals surface area (Å²) in [5, 5.41) is 7.88. The molecule has 21 heavy (non-hydrogen) atoms. The summed E-state index contributed by atoms with van der Waals surface area (Å²) in [6, 6.07) is 7.48. The van der Waals surface area contributed by atoms with E-state index in [4.69, 9.17) is 11.6 Å². The summed E-state index contributed by atoms with van der Waals surface area (Å²) in [7, 11) is 0. The Morgan fingerprint density at radius 2 is 2.10 bits per heavy atom. The van der Waals surface area contributed by atoms with E-state index in [-0.39, 0.29) is 5.91 Å². The van der Waals surface area contributed by atoms with Crippen LogP contribution in [0.5, 0.6) is 0 Å². The molecule has 1 N–H and O–H groups in total. The van der Waals surface area contributed by atoms with E-state index >= 15 is 0 Å². The maximum absolute atomic E-state index is 12.3. The summed E-state index contributed by atoms with van der Waals surface area (Å²) in [4.78, 5) is 12.3. The van der Waals surface area contributed by atoms with Crippen LogP contribution in [0.1, 0.15) is 36.8 Å². The van der Waals surface area contributed by atoms with E-state index in [9.17, 15) is 4.79 Å². The number of para-hydroxylation sites is 1. The zero-order valence-corrected chi connectivity index (χ0v) is 13.3. The van der Waals surface area contributed by atoms with Gasteiger partial charge in [-0.2, -0.15) is 5.10 Å². The number of amides is 1. The van der Waals surface area contributed by atoms with Crippen molar-refractivity contribution in [2.24, 2.45) is 5.92 Å². The van der Waals surface area contributed by atoms with Crippen molar-refractivity contribution in [1.29, 1.82) is 0 Å². The van der Waals surface area contributed by atoms with Gasteiger partial charge >= 0.3 is 0 Å². The monoisotopic (exact) mass is 305 g/mol. The molecule has 1 aromatic heterocycles. The Hall–Kier alpha value is -1.81. The SMILES string of the molecule is CCc1c(C(=O)NCC(C)C)cnn1-c1ccccc1Cl. The van der Waals surface area contributed by atoms with Crippen molar-refractivity contribution >= 4 is 17.5 Å². The van der Waals surface area contributed by atoms with Gasteiger partial charge in [0.25, 0.3) is 5.91 Å². The largest absolute Gasteiger partial charge is 0.352 e. The van der Waals surface area contributed by atoms with Crippen LogP contribution in [0.15, 0.2) is 30.5 Å². The lowest BCUT2D eigenvalue weighted by Crippen LogP contribution is -2.28. The van der Waals surface area contributed by atoms with E-state index in [1.54, 1.807) is 10.9 Å². The summed E-state index contributed by atoms with van der Waals surface area (Å²) >= 11 is 6.22. The van der Waals surface area contributed by atoms with Gasteiger partial charge in [-0.3, -0.25) is 4.79 Å². The number of rotatable bonds is 5. The highest BCUT2D eigenvalue weighted by Gasteiger charge is 2.18. The fourth-order valence-electron chi connectivity index (χ4n) is 2.13. The molecule has 0 bridgehead atoms. The Kier molecular flexibility index (Phi) is 5.02. The standard InChI is InChI=1S/C16H20ClN3O/c1-4-14-12(16(21)18-9-11(2)3)10-19-20(14)15-8-6-5-7-13(15)17/h5-8,10-11H,4,9H2,1-3H3,(H,18,21). The molecule has 1 aromatic carbocycles. The average molecular weight is 306 g/mol. The molecule has 0 aliphatic rings. The number of carbonyl (C=O) groups excluding carboxylic acids is 1. The van der Waals surface area contributed by atoms with Crippen molar-refractivity contribution in [3.63, 3.8) is 0 Å². The Balaban J connectivity index is 2.35. The lowest BCUT2D eigenvalue weighted by molar-refractivity contribution is 0.0948. The summed E-state index contributed by atoms with van der Waals surface area (Å²) < 4.78 is 1.74. The molecule has 0 aliphatic heterocycles. The third-order valence-corrected chi connectivity index (χ3v) is 3.52. The van der Waals surface area contributed by atoms with Gasteiger partial charge in [0.2, 0.25) is 0 Å². The molecule has 2 rings (SSSR count). The van der Waals surface area contributed by atoms with E-state index < -0.39 is 0 Å². The first kappa shape index (κ1) is 15.6. The molecule has 0 radical (unpaired) electrons. The van der Waals surface area contributed by atoms with Crippen LogP contribution in [0.4, 0.5) is 0 Å². The summed E-state index contributed by atoms with van der Waals surface area (Å²) in [5.41, 5.74) is 2.27. The van der Waals surface area contributed by atoms with Crippen molar-refractivity contribution in [3.8, 4) is 5.69 Å². The number of hydrogen-bond donors (Lipinski definition) is 1. The molecular formula is C16H20ClN3O. The maximum atomic E-state index is 12.3. The van der Waals surface area contributed by atoms with Crippen LogP contribution in [0.25, 0.3) is 5.69 Å². The summed E-state index contributed by atoms with van der Waals surface area (Å²) in [5.74, 6) is 0.330. The summed E-state index contributed by atoms with van der Waals surface area (Å²) in [6.07, 6.45) is 2.31. The van der Waals surface area contributed by atoms with Gasteiger partial charge in [0.1, 0.15) is 0 Å². The van der Waals surface area contributed by atoms with E-state index in [1.165, 1.54) is 0 Å². The molecule has 112 valence electrons. The molecule has 1 heterocycles. The third kappa shape index (κ3) is 3.45.